The molecule has 2 aliphatic rings. The summed E-state index contributed by atoms with van der Waals surface area (Å²) in [6.07, 6.45) is 3.42. The van der Waals surface area contributed by atoms with Crippen molar-refractivity contribution in [1.82, 2.24) is 4.90 Å². The van der Waals surface area contributed by atoms with E-state index < -0.39 is 0 Å². The van der Waals surface area contributed by atoms with Crippen molar-refractivity contribution < 1.29 is 23.7 Å². The van der Waals surface area contributed by atoms with E-state index in [1.54, 1.807) is 14.2 Å². The maximum atomic E-state index is 13.0. The van der Waals surface area contributed by atoms with E-state index in [0.29, 0.717) is 42.3 Å². The normalized spacial score (nSPS) is 20.0. The van der Waals surface area contributed by atoms with Crippen LogP contribution in [-0.4, -0.2) is 50.9 Å². The van der Waals surface area contributed by atoms with Gasteiger partial charge in [0.1, 0.15) is 6.61 Å². The SMILES string of the molecule is COc1ccc(COCC(C2CCC2)N2C(=O)COCC2c2ccc(Cl)cc2)cc1OC. The molecule has 1 amide bonds. The van der Waals surface area contributed by atoms with Crippen molar-refractivity contribution in [3.05, 3.63) is 58.6 Å². The van der Waals surface area contributed by atoms with Crippen molar-refractivity contribution in [2.24, 2.45) is 5.92 Å². The van der Waals surface area contributed by atoms with Gasteiger partial charge in [-0.2, -0.15) is 0 Å². The summed E-state index contributed by atoms with van der Waals surface area (Å²) < 4.78 is 22.5. The molecule has 2 unspecified atom stereocenters. The summed E-state index contributed by atoms with van der Waals surface area (Å²) >= 11 is 6.08. The van der Waals surface area contributed by atoms with Crippen LogP contribution in [0.2, 0.25) is 5.02 Å². The van der Waals surface area contributed by atoms with Gasteiger partial charge in [-0.05, 0) is 54.2 Å². The standard InChI is InChI=1S/C25H30ClNO5/c1-29-23-11-6-17(12-24(23)30-2)13-31-14-21(18-4-3-5-18)27-22(15-32-16-25(27)28)19-7-9-20(26)10-8-19/h6-12,18,21-22H,3-5,13-16H2,1-2H3. The molecule has 0 bridgehead atoms. The molecule has 32 heavy (non-hydrogen) atoms. The Kier molecular flexibility index (Phi) is 7.55. The molecule has 0 aromatic heterocycles. The van der Waals surface area contributed by atoms with Gasteiger partial charge >= 0.3 is 0 Å². The molecule has 0 N–H and O–H groups in total. The number of hydrogen-bond acceptors (Lipinski definition) is 5. The highest BCUT2D eigenvalue weighted by Gasteiger charge is 2.40. The van der Waals surface area contributed by atoms with Crippen LogP contribution in [-0.2, 0) is 20.9 Å². The monoisotopic (exact) mass is 459 g/mol. The third-order valence-corrected chi connectivity index (χ3v) is 6.69. The van der Waals surface area contributed by atoms with E-state index in [1.165, 1.54) is 6.42 Å². The van der Waals surface area contributed by atoms with Gasteiger partial charge in [-0.15, -0.1) is 0 Å². The van der Waals surface area contributed by atoms with Crippen molar-refractivity contribution >= 4 is 17.5 Å². The number of amides is 1. The molecule has 2 fully saturated rings. The van der Waals surface area contributed by atoms with Crippen LogP contribution in [0.4, 0.5) is 0 Å². The van der Waals surface area contributed by atoms with Gasteiger partial charge < -0.3 is 23.8 Å². The largest absolute Gasteiger partial charge is 0.493 e. The smallest absolute Gasteiger partial charge is 0.249 e. The molecule has 4 rings (SSSR count). The Morgan fingerprint density at radius 2 is 1.84 bits per heavy atom. The Labute approximate surface area is 194 Å². The molecule has 1 heterocycles. The second-order valence-electron chi connectivity index (χ2n) is 8.35. The molecule has 0 radical (unpaired) electrons. The number of benzene rings is 2. The fraction of sp³-hybridized carbons (Fsp3) is 0.480. The van der Waals surface area contributed by atoms with Crippen molar-refractivity contribution in [1.29, 1.82) is 0 Å². The summed E-state index contributed by atoms with van der Waals surface area (Å²) in [7, 11) is 3.24. The summed E-state index contributed by atoms with van der Waals surface area (Å²) in [5.41, 5.74) is 2.03. The third kappa shape index (κ3) is 5.03. The number of rotatable bonds is 9. The average Bonchev–Trinajstić information content (AvgIpc) is 2.77. The van der Waals surface area contributed by atoms with Gasteiger partial charge in [0.25, 0.3) is 0 Å². The fourth-order valence-corrected chi connectivity index (χ4v) is 4.61. The lowest BCUT2D eigenvalue weighted by Gasteiger charge is -2.46. The zero-order valence-corrected chi connectivity index (χ0v) is 19.3. The number of ether oxygens (including phenoxy) is 4. The quantitative estimate of drug-likeness (QED) is 0.546. The molecule has 2 aromatic rings. The Bertz CT molecular complexity index is 915. The highest BCUT2D eigenvalue weighted by atomic mass is 35.5. The lowest BCUT2D eigenvalue weighted by atomic mass is 9.78. The molecule has 1 aliphatic heterocycles. The van der Waals surface area contributed by atoms with Crippen molar-refractivity contribution in [2.75, 3.05) is 34.0 Å². The highest BCUT2D eigenvalue weighted by Crippen LogP contribution is 2.38. The molecule has 1 saturated heterocycles. The van der Waals surface area contributed by atoms with E-state index in [1.807, 2.05) is 47.4 Å². The number of hydrogen-bond donors (Lipinski definition) is 0. The summed E-state index contributed by atoms with van der Waals surface area (Å²) in [6, 6.07) is 13.3. The van der Waals surface area contributed by atoms with Gasteiger partial charge in [0, 0.05) is 5.02 Å². The Morgan fingerprint density at radius 3 is 2.50 bits per heavy atom. The third-order valence-electron chi connectivity index (χ3n) is 6.44. The molecule has 1 aliphatic carbocycles. The molecule has 2 aromatic carbocycles. The number of carbonyl (C=O) groups is 1. The molecule has 7 heteroatoms. The summed E-state index contributed by atoms with van der Waals surface area (Å²) in [5, 5.41) is 0.678. The average molecular weight is 460 g/mol. The van der Waals surface area contributed by atoms with Crippen LogP contribution in [0.5, 0.6) is 11.5 Å². The van der Waals surface area contributed by atoms with Gasteiger partial charge in [-0.3, -0.25) is 4.79 Å². The molecular weight excluding hydrogens is 430 g/mol. The highest BCUT2D eigenvalue weighted by molar-refractivity contribution is 6.30. The number of carbonyl (C=O) groups excluding carboxylic acids is 1. The zero-order valence-electron chi connectivity index (χ0n) is 18.6. The van der Waals surface area contributed by atoms with E-state index >= 15 is 0 Å². The van der Waals surface area contributed by atoms with E-state index in [2.05, 4.69) is 0 Å². The lowest BCUT2D eigenvalue weighted by Crippen LogP contribution is -2.55. The Hall–Kier alpha value is -2.28. The second kappa shape index (κ2) is 10.6. The van der Waals surface area contributed by atoms with Gasteiger partial charge in [-0.25, -0.2) is 0 Å². The topological polar surface area (TPSA) is 57.2 Å². The zero-order chi connectivity index (χ0) is 22.5. The maximum Gasteiger partial charge on any atom is 0.249 e. The van der Waals surface area contributed by atoms with Crippen LogP contribution in [0.3, 0.4) is 0 Å². The number of morpholine rings is 1. The van der Waals surface area contributed by atoms with E-state index in [-0.39, 0.29) is 24.6 Å². The van der Waals surface area contributed by atoms with Crippen LogP contribution in [0.15, 0.2) is 42.5 Å². The van der Waals surface area contributed by atoms with Crippen molar-refractivity contribution in [2.45, 2.75) is 38.0 Å². The maximum absolute atomic E-state index is 13.0. The van der Waals surface area contributed by atoms with Gasteiger partial charge in [0.2, 0.25) is 5.91 Å². The van der Waals surface area contributed by atoms with Crippen LogP contribution in [0.1, 0.15) is 36.4 Å². The lowest BCUT2D eigenvalue weighted by molar-refractivity contribution is -0.158. The first-order chi connectivity index (χ1) is 15.6. The minimum Gasteiger partial charge on any atom is -0.493 e. The first-order valence-electron chi connectivity index (χ1n) is 11.0. The minimum atomic E-state index is -0.135. The van der Waals surface area contributed by atoms with E-state index in [0.717, 1.165) is 24.0 Å². The molecule has 0 spiro atoms. The first-order valence-corrected chi connectivity index (χ1v) is 11.4. The predicted molar refractivity (Wildman–Crippen MR) is 122 cm³/mol. The second-order valence-corrected chi connectivity index (χ2v) is 8.78. The molecule has 1 saturated carbocycles. The van der Waals surface area contributed by atoms with Crippen molar-refractivity contribution in [3.63, 3.8) is 0 Å². The van der Waals surface area contributed by atoms with Crippen LogP contribution in [0, 0.1) is 5.92 Å². The van der Waals surface area contributed by atoms with E-state index in [9.17, 15) is 4.79 Å². The van der Waals surface area contributed by atoms with Crippen LogP contribution < -0.4 is 9.47 Å². The fourth-order valence-electron chi connectivity index (χ4n) is 4.48. The van der Waals surface area contributed by atoms with Gasteiger partial charge in [0.15, 0.2) is 11.5 Å². The van der Waals surface area contributed by atoms with Crippen LogP contribution >= 0.6 is 11.6 Å². The Morgan fingerprint density at radius 1 is 1.09 bits per heavy atom. The van der Waals surface area contributed by atoms with Crippen LogP contribution in [0.25, 0.3) is 0 Å². The summed E-state index contributed by atoms with van der Waals surface area (Å²) in [5.74, 6) is 1.82. The minimum absolute atomic E-state index is 0.0148. The van der Waals surface area contributed by atoms with Crippen molar-refractivity contribution in [3.8, 4) is 11.5 Å². The molecule has 2 atom stereocenters. The molecular formula is C25H30ClNO5. The summed E-state index contributed by atoms with van der Waals surface area (Å²) in [4.78, 5) is 15.0. The first kappa shape index (κ1) is 22.9. The Balaban J connectivity index is 1.49. The number of nitrogens with zero attached hydrogens (tertiary/aromatic N) is 1. The van der Waals surface area contributed by atoms with E-state index in [4.69, 9.17) is 30.5 Å². The number of halogens is 1. The summed E-state index contributed by atoms with van der Waals surface area (Å²) in [6.45, 7) is 1.51. The molecule has 172 valence electrons. The predicted octanol–water partition coefficient (Wildman–Crippen LogP) is 4.64. The van der Waals surface area contributed by atoms with Gasteiger partial charge in [0.05, 0.1) is 46.1 Å². The van der Waals surface area contributed by atoms with Gasteiger partial charge in [-0.1, -0.05) is 36.2 Å². The number of methoxy groups -OCH3 is 2. The molecule has 6 nitrogen and oxygen atoms in total.